The Bertz CT molecular complexity index is 1540. The third-order valence-electron chi connectivity index (χ3n) is 6.94. The van der Waals surface area contributed by atoms with Gasteiger partial charge in [0.05, 0.1) is 41.6 Å². The fourth-order valence-electron chi connectivity index (χ4n) is 5.01. The molecule has 0 bridgehead atoms. The van der Waals surface area contributed by atoms with E-state index in [1.54, 1.807) is 17.6 Å². The van der Waals surface area contributed by atoms with E-state index in [-0.39, 0.29) is 30.4 Å². The summed E-state index contributed by atoms with van der Waals surface area (Å²) in [6.07, 6.45) is 3.14. The number of nitrogens with zero attached hydrogens (tertiary/aromatic N) is 1. The Morgan fingerprint density at radius 2 is 1.68 bits per heavy atom. The summed E-state index contributed by atoms with van der Waals surface area (Å²) in [6, 6.07) is 21.5. The van der Waals surface area contributed by atoms with Gasteiger partial charge in [0.1, 0.15) is 11.3 Å². The van der Waals surface area contributed by atoms with Gasteiger partial charge >= 0.3 is 5.97 Å². The Morgan fingerprint density at radius 3 is 2.34 bits per heavy atom. The smallest absolute Gasteiger partial charge is 0.345 e. The molecule has 4 aromatic rings. The minimum Gasteiger partial charge on any atom is -0.506 e. The van der Waals surface area contributed by atoms with Crippen molar-refractivity contribution in [2.45, 2.75) is 45.9 Å². The number of hydrogen-bond donors (Lipinski definition) is 2. The quantitative estimate of drug-likeness (QED) is 0.198. The van der Waals surface area contributed by atoms with E-state index in [4.69, 9.17) is 25.8 Å². The Kier molecular flexibility index (Phi) is 10.0. The number of pyridine rings is 1. The number of hydrogen-bond acceptors (Lipinski definition) is 7. The van der Waals surface area contributed by atoms with E-state index >= 15 is 0 Å². The summed E-state index contributed by atoms with van der Waals surface area (Å²) in [4.78, 5) is 26.5. The predicted octanol–water partition coefficient (Wildman–Crippen LogP) is 6.53. The van der Waals surface area contributed by atoms with Crippen LogP contribution >= 0.6 is 11.6 Å². The molecular weight excluding hydrogens is 544 g/mol. The largest absolute Gasteiger partial charge is 0.506 e. The highest BCUT2D eigenvalue weighted by atomic mass is 35.5. The number of halogens is 1. The average molecular weight is 579 g/mol. The van der Waals surface area contributed by atoms with Gasteiger partial charge in [0.2, 0.25) is 0 Å². The number of phenols is 1. The van der Waals surface area contributed by atoms with Crippen molar-refractivity contribution in [3.63, 3.8) is 0 Å². The van der Waals surface area contributed by atoms with Crippen molar-refractivity contribution in [3.05, 3.63) is 99.3 Å². The Hall–Kier alpha value is -3.85. The molecule has 2 aliphatic rings. The van der Waals surface area contributed by atoms with Gasteiger partial charge in [0.15, 0.2) is 0 Å². The SMILES string of the molecule is C.C1C[C@H]2OCC[C@H]2O1.CCOC(=O)c1c(Nc2ccc(O)c(Cl)c2)c2ccccc2n(Cc2ccccc2)c1=O. The highest BCUT2D eigenvalue weighted by Crippen LogP contribution is 2.32. The number of anilines is 2. The zero-order valence-electron chi connectivity index (χ0n) is 22.1. The number of ether oxygens (including phenoxy) is 3. The van der Waals surface area contributed by atoms with E-state index in [9.17, 15) is 14.7 Å². The van der Waals surface area contributed by atoms with Crippen LogP contribution in [0.4, 0.5) is 11.4 Å². The first-order valence-corrected chi connectivity index (χ1v) is 13.7. The Labute approximate surface area is 244 Å². The summed E-state index contributed by atoms with van der Waals surface area (Å²) in [5.74, 6) is -0.775. The van der Waals surface area contributed by atoms with E-state index in [0.717, 1.165) is 31.6 Å². The zero-order chi connectivity index (χ0) is 28.1. The molecule has 1 aromatic heterocycles. The monoisotopic (exact) mass is 578 g/mol. The van der Waals surface area contributed by atoms with Gasteiger partial charge in [-0.2, -0.15) is 0 Å². The number of aromatic hydroxyl groups is 1. The fourth-order valence-corrected chi connectivity index (χ4v) is 5.19. The van der Waals surface area contributed by atoms with Crippen molar-refractivity contribution in [1.82, 2.24) is 4.57 Å². The average Bonchev–Trinajstić information content (AvgIpc) is 3.60. The van der Waals surface area contributed by atoms with E-state index in [1.165, 1.54) is 12.1 Å². The number of nitrogens with one attached hydrogen (secondary N) is 1. The molecule has 0 aliphatic carbocycles. The number of carbonyl (C=O) groups is 1. The molecule has 9 heteroatoms. The van der Waals surface area contributed by atoms with Crippen LogP contribution in [-0.2, 0) is 20.8 Å². The van der Waals surface area contributed by atoms with Gasteiger partial charge < -0.3 is 29.2 Å². The molecule has 3 heterocycles. The highest BCUT2D eigenvalue weighted by molar-refractivity contribution is 6.32. The first kappa shape index (κ1) is 30.1. The van der Waals surface area contributed by atoms with Crippen molar-refractivity contribution in [3.8, 4) is 5.75 Å². The Morgan fingerprint density at radius 1 is 1.02 bits per heavy atom. The van der Waals surface area contributed by atoms with Crippen LogP contribution in [0.3, 0.4) is 0 Å². The highest BCUT2D eigenvalue weighted by Gasteiger charge is 2.33. The Balaban J connectivity index is 0.000000366. The number of para-hydroxylation sites is 1. The van der Waals surface area contributed by atoms with Crippen LogP contribution < -0.4 is 10.9 Å². The van der Waals surface area contributed by atoms with Gasteiger partial charge in [0, 0.05) is 24.3 Å². The molecule has 8 nitrogen and oxygen atoms in total. The number of aromatic nitrogens is 1. The molecule has 3 aromatic carbocycles. The van der Waals surface area contributed by atoms with Crippen LogP contribution in [0.15, 0.2) is 77.6 Å². The number of esters is 1. The number of carbonyl (C=O) groups excluding carboxylic acids is 1. The molecule has 2 N–H and O–H groups in total. The topological polar surface area (TPSA) is 99.0 Å². The third kappa shape index (κ3) is 6.73. The molecule has 216 valence electrons. The van der Waals surface area contributed by atoms with Gasteiger partial charge in [-0.15, -0.1) is 0 Å². The lowest BCUT2D eigenvalue weighted by molar-refractivity contribution is 0.0525. The maximum Gasteiger partial charge on any atom is 0.345 e. The summed E-state index contributed by atoms with van der Waals surface area (Å²) in [5, 5.41) is 13.7. The second-order valence-electron chi connectivity index (χ2n) is 9.55. The van der Waals surface area contributed by atoms with Crippen LogP contribution in [0, 0.1) is 0 Å². The molecular formula is C32H35ClN2O6. The van der Waals surface area contributed by atoms with Crippen molar-refractivity contribution >= 4 is 39.8 Å². The molecule has 41 heavy (non-hydrogen) atoms. The molecule has 2 aliphatic heterocycles. The van der Waals surface area contributed by atoms with Crippen molar-refractivity contribution in [2.24, 2.45) is 0 Å². The van der Waals surface area contributed by atoms with Crippen LogP contribution in [0.5, 0.6) is 5.75 Å². The molecule has 0 saturated carbocycles. The second kappa shape index (κ2) is 13.7. The lowest BCUT2D eigenvalue weighted by atomic mass is 10.1. The van der Waals surface area contributed by atoms with Crippen LogP contribution in [0.1, 0.15) is 43.1 Å². The summed E-state index contributed by atoms with van der Waals surface area (Å²) in [7, 11) is 0. The van der Waals surface area contributed by atoms with E-state index in [0.29, 0.717) is 41.0 Å². The van der Waals surface area contributed by atoms with Gasteiger partial charge in [-0.1, -0.05) is 67.6 Å². The number of rotatable bonds is 6. The summed E-state index contributed by atoms with van der Waals surface area (Å²) in [6.45, 7) is 3.95. The summed E-state index contributed by atoms with van der Waals surface area (Å²) in [5.41, 5.74) is 1.89. The standard InChI is InChI=1S/C25H21ClN2O4.C6H10O2.CH4/c1-2-32-25(31)22-23(27-17-12-13-21(29)19(26)14-17)18-10-6-7-11-20(18)28(24(22)30)15-16-8-4-3-5-9-16;1-3-7-6-2-4-8-5(1)6;/h3-14,27,29H,2,15H2,1H3;5-6H,1-4H2;1H4/t;5-,6-;/m.1./s1. The number of phenolic OH excluding ortho intramolecular Hbond substituents is 1. The van der Waals surface area contributed by atoms with E-state index in [2.05, 4.69) is 5.32 Å². The fraction of sp³-hybridized carbons (Fsp3) is 0.312. The molecule has 2 atom stereocenters. The normalized spacial score (nSPS) is 17.2. The van der Waals surface area contributed by atoms with Gasteiger partial charge in [0.25, 0.3) is 5.56 Å². The molecule has 2 saturated heterocycles. The van der Waals surface area contributed by atoms with E-state index in [1.807, 2.05) is 54.6 Å². The van der Waals surface area contributed by atoms with Crippen LogP contribution in [-0.4, -0.2) is 47.7 Å². The van der Waals surface area contributed by atoms with Crippen molar-refractivity contribution in [2.75, 3.05) is 25.1 Å². The molecule has 0 unspecified atom stereocenters. The minimum absolute atomic E-state index is 0. The summed E-state index contributed by atoms with van der Waals surface area (Å²) < 4.78 is 17.5. The first-order valence-electron chi connectivity index (χ1n) is 13.3. The predicted molar refractivity (Wildman–Crippen MR) is 162 cm³/mol. The molecule has 2 fully saturated rings. The zero-order valence-corrected chi connectivity index (χ0v) is 22.9. The van der Waals surface area contributed by atoms with Crippen molar-refractivity contribution in [1.29, 1.82) is 0 Å². The van der Waals surface area contributed by atoms with Crippen LogP contribution in [0.2, 0.25) is 5.02 Å². The van der Waals surface area contributed by atoms with Gasteiger partial charge in [-0.05, 0) is 49.6 Å². The molecule has 6 rings (SSSR count). The van der Waals surface area contributed by atoms with Crippen LogP contribution in [0.25, 0.3) is 10.9 Å². The lowest BCUT2D eigenvalue weighted by Gasteiger charge is -2.19. The first-order chi connectivity index (χ1) is 19.5. The second-order valence-corrected chi connectivity index (χ2v) is 9.96. The minimum atomic E-state index is -0.711. The summed E-state index contributed by atoms with van der Waals surface area (Å²) >= 11 is 6.05. The maximum absolute atomic E-state index is 13.6. The number of benzene rings is 3. The number of fused-ring (bicyclic) bond motifs is 2. The third-order valence-corrected chi connectivity index (χ3v) is 7.24. The lowest BCUT2D eigenvalue weighted by Crippen LogP contribution is -2.29. The van der Waals surface area contributed by atoms with Crippen molar-refractivity contribution < 1.29 is 24.1 Å². The van der Waals surface area contributed by atoms with Gasteiger partial charge in [-0.25, -0.2) is 4.79 Å². The van der Waals surface area contributed by atoms with E-state index < -0.39 is 11.5 Å². The molecule has 0 spiro atoms. The molecule has 0 amide bonds. The maximum atomic E-state index is 13.6. The van der Waals surface area contributed by atoms with Gasteiger partial charge in [-0.3, -0.25) is 4.79 Å². The molecule has 0 radical (unpaired) electrons.